The van der Waals surface area contributed by atoms with Crippen LogP contribution in [0.25, 0.3) is 0 Å². The Kier molecular flexibility index (Phi) is 6.62. The summed E-state index contributed by atoms with van der Waals surface area (Å²) in [7, 11) is 2.15. The molecule has 0 atom stereocenters. The number of carbonyl (C=O) groups is 2. The average Bonchev–Trinajstić information content (AvgIpc) is 2.70. The van der Waals surface area contributed by atoms with E-state index in [2.05, 4.69) is 22.2 Å². The zero-order valence-electron chi connectivity index (χ0n) is 16.1. The first-order valence-electron chi connectivity index (χ1n) is 9.32. The molecule has 0 spiro atoms. The molecule has 0 radical (unpaired) electrons. The zero-order chi connectivity index (χ0) is 19.9. The number of hydrogen-bond donors (Lipinski definition) is 2. The molecule has 28 heavy (non-hydrogen) atoms. The van der Waals surface area contributed by atoms with Gasteiger partial charge in [-0.25, -0.2) is 0 Å². The molecule has 1 aliphatic rings. The van der Waals surface area contributed by atoms with Gasteiger partial charge in [0.15, 0.2) is 6.61 Å². The van der Waals surface area contributed by atoms with Gasteiger partial charge in [0.2, 0.25) is 5.91 Å². The van der Waals surface area contributed by atoms with Gasteiger partial charge in [-0.15, -0.1) is 0 Å². The minimum Gasteiger partial charge on any atom is -0.484 e. The molecule has 0 saturated carbocycles. The van der Waals surface area contributed by atoms with Gasteiger partial charge in [-0.3, -0.25) is 14.5 Å². The summed E-state index contributed by atoms with van der Waals surface area (Å²) < 4.78 is 5.43. The third kappa shape index (κ3) is 5.80. The standard InChI is InChI=1S/C21H26N4O3/c1-24-9-11-25(12-10-24)14-16-5-7-18(8-6-16)23-20(26)15-28-19-4-2-3-17(13-19)21(22)27/h2-8,13H,9-12,14-15H2,1H3,(H2,22,27)(H,23,26). The number of benzene rings is 2. The van der Waals surface area contributed by atoms with E-state index in [4.69, 9.17) is 10.5 Å². The van der Waals surface area contributed by atoms with E-state index in [1.807, 2.05) is 24.3 Å². The van der Waals surface area contributed by atoms with E-state index in [1.54, 1.807) is 18.2 Å². The number of ether oxygens (including phenoxy) is 1. The summed E-state index contributed by atoms with van der Waals surface area (Å²) in [6, 6.07) is 14.3. The van der Waals surface area contributed by atoms with Crippen molar-refractivity contribution < 1.29 is 14.3 Å². The first-order valence-corrected chi connectivity index (χ1v) is 9.32. The van der Waals surface area contributed by atoms with E-state index in [-0.39, 0.29) is 12.5 Å². The minimum atomic E-state index is -0.536. The molecule has 0 aromatic heterocycles. The lowest BCUT2D eigenvalue weighted by molar-refractivity contribution is -0.118. The second-order valence-electron chi connectivity index (χ2n) is 7.01. The lowest BCUT2D eigenvalue weighted by Gasteiger charge is -2.32. The highest BCUT2D eigenvalue weighted by molar-refractivity contribution is 5.93. The predicted molar refractivity (Wildman–Crippen MR) is 108 cm³/mol. The number of rotatable bonds is 7. The van der Waals surface area contributed by atoms with E-state index < -0.39 is 5.91 Å². The second-order valence-corrected chi connectivity index (χ2v) is 7.01. The molecule has 3 N–H and O–H groups in total. The maximum atomic E-state index is 12.1. The topological polar surface area (TPSA) is 87.9 Å². The third-order valence-corrected chi connectivity index (χ3v) is 4.73. The number of nitrogens with two attached hydrogens (primary N) is 1. The Morgan fingerprint density at radius 2 is 1.79 bits per heavy atom. The Morgan fingerprint density at radius 1 is 1.07 bits per heavy atom. The Labute approximate surface area is 165 Å². The highest BCUT2D eigenvalue weighted by Crippen LogP contribution is 2.15. The largest absolute Gasteiger partial charge is 0.484 e. The lowest BCUT2D eigenvalue weighted by atomic mass is 10.2. The van der Waals surface area contributed by atoms with Crippen LogP contribution in [0.15, 0.2) is 48.5 Å². The summed E-state index contributed by atoms with van der Waals surface area (Å²) in [5.74, 6) is -0.378. The summed E-state index contributed by atoms with van der Waals surface area (Å²) in [6.07, 6.45) is 0. The van der Waals surface area contributed by atoms with Gasteiger partial charge >= 0.3 is 0 Å². The predicted octanol–water partition coefficient (Wildman–Crippen LogP) is 1.55. The molecule has 7 nitrogen and oxygen atoms in total. The van der Waals surface area contributed by atoms with E-state index in [9.17, 15) is 9.59 Å². The fraction of sp³-hybridized carbons (Fsp3) is 0.333. The molecular weight excluding hydrogens is 356 g/mol. The van der Waals surface area contributed by atoms with Crippen LogP contribution >= 0.6 is 0 Å². The van der Waals surface area contributed by atoms with Crippen molar-refractivity contribution >= 4 is 17.5 Å². The number of nitrogens with zero attached hydrogens (tertiary/aromatic N) is 2. The highest BCUT2D eigenvalue weighted by atomic mass is 16.5. The fourth-order valence-corrected chi connectivity index (χ4v) is 3.04. The molecule has 0 unspecified atom stereocenters. The monoisotopic (exact) mass is 382 g/mol. The number of hydrogen-bond acceptors (Lipinski definition) is 5. The van der Waals surface area contributed by atoms with Gasteiger partial charge in [0.1, 0.15) is 5.75 Å². The molecule has 1 aliphatic heterocycles. The van der Waals surface area contributed by atoms with Crippen molar-refractivity contribution in [2.24, 2.45) is 5.73 Å². The number of nitrogens with one attached hydrogen (secondary N) is 1. The van der Waals surface area contributed by atoms with Crippen molar-refractivity contribution in [3.8, 4) is 5.75 Å². The Bertz CT molecular complexity index is 815. The normalized spacial score (nSPS) is 15.2. The molecule has 2 aromatic rings. The van der Waals surface area contributed by atoms with E-state index in [0.29, 0.717) is 11.3 Å². The summed E-state index contributed by atoms with van der Waals surface area (Å²) in [5, 5.41) is 2.81. The minimum absolute atomic E-state index is 0.148. The zero-order valence-corrected chi connectivity index (χ0v) is 16.1. The number of piperazine rings is 1. The van der Waals surface area contributed by atoms with Crippen LogP contribution in [-0.2, 0) is 11.3 Å². The van der Waals surface area contributed by atoms with Gasteiger partial charge < -0.3 is 20.7 Å². The molecule has 3 rings (SSSR count). The van der Waals surface area contributed by atoms with E-state index in [0.717, 1.165) is 38.4 Å². The van der Waals surface area contributed by atoms with Crippen molar-refractivity contribution in [1.82, 2.24) is 9.80 Å². The summed E-state index contributed by atoms with van der Waals surface area (Å²) in [4.78, 5) is 28.0. The molecule has 148 valence electrons. The Balaban J connectivity index is 1.46. The van der Waals surface area contributed by atoms with Crippen LogP contribution in [0, 0.1) is 0 Å². The van der Waals surface area contributed by atoms with Crippen molar-refractivity contribution in [3.63, 3.8) is 0 Å². The maximum absolute atomic E-state index is 12.1. The average molecular weight is 382 g/mol. The SMILES string of the molecule is CN1CCN(Cc2ccc(NC(=O)COc3cccc(C(N)=O)c3)cc2)CC1. The van der Waals surface area contributed by atoms with Gasteiger partial charge in [0.05, 0.1) is 0 Å². The molecular formula is C21H26N4O3. The third-order valence-electron chi connectivity index (χ3n) is 4.73. The van der Waals surface area contributed by atoms with E-state index in [1.165, 1.54) is 11.6 Å². The molecule has 2 amide bonds. The molecule has 1 saturated heterocycles. The van der Waals surface area contributed by atoms with Crippen molar-refractivity contribution in [1.29, 1.82) is 0 Å². The van der Waals surface area contributed by atoms with Crippen molar-refractivity contribution in [3.05, 3.63) is 59.7 Å². The van der Waals surface area contributed by atoms with Gasteiger partial charge in [0, 0.05) is 44.0 Å². The highest BCUT2D eigenvalue weighted by Gasteiger charge is 2.13. The van der Waals surface area contributed by atoms with Crippen LogP contribution in [0.1, 0.15) is 15.9 Å². The van der Waals surface area contributed by atoms with Crippen molar-refractivity contribution in [2.75, 3.05) is 45.2 Å². The fourth-order valence-electron chi connectivity index (χ4n) is 3.04. The van der Waals surface area contributed by atoms with Crippen LogP contribution in [0.2, 0.25) is 0 Å². The molecule has 1 heterocycles. The van der Waals surface area contributed by atoms with E-state index >= 15 is 0 Å². The van der Waals surface area contributed by atoms with Gasteiger partial charge in [-0.2, -0.15) is 0 Å². The Hall–Kier alpha value is -2.90. The summed E-state index contributed by atoms with van der Waals surface area (Å²) in [6.45, 7) is 5.10. The maximum Gasteiger partial charge on any atom is 0.262 e. The number of amides is 2. The molecule has 0 bridgehead atoms. The quantitative estimate of drug-likeness (QED) is 0.759. The van der Waals surface area contributed by atoms with Crippen LogP contribution in [0.3, 0.4) is 0 Å². The smallest absolute Gasteiger partial charge is 0.262 e. The second kappa shape index (κ2) is 9.34. The van der Waals surface area contributed by atoms with Gasteiger partial charge in [-0.05, 0) is 42.9 Å². The number of primary amides is 1. The molecule has 1 fully saturated rings. The lowest BCUT2D eigenvalue weighted by Crippen LogP contribution is -2.43. The molecule has 7 heteroatoms. The van der Waals surface area contributed by atoms with Crippen LogP contribution < -0.4 is 15.8 Å². The van der Waals surface area contributed by atoms with Gasteiger partial charge in [-0.1, -0.05) is 18.2 Å². The first kappa shape index (κ1) is 19.9. The number of carbonyl (C=O) groups excluding carboxylic acids is 2. The Morgan fingerprint density at radius 3 is 2.46 bits per heavy atom. The summed E-state index contributed by atoms with van der Waals surface area (Å²) in [5.41, 5.74) is 7.53. The number of likely N-dealkylation sites (N-methyl/N-ethyl adjacent to an activating group) is 1. The van der Waals surface area contributed by atoms with Gasteiger partial charge in [0.25, 0.3) is 5.91 Å². The number of anilines is 1. The first-order chi connectivity index (χ1) is 13.5. The van der Waals surface area contributed by atoms with Crippen molar-refractivity contribution in [2.45, 2.75) is 6.54 Å². The van der Waals surface area contributed by atoms with Crippen LogP contribution in [-0.4, -0.2) is 61.4 Å². The molecule has 2 aromatic carbocycles. The van der Waals surface area contributed by atoms with Crippen LogP contribution in [0.4, 0.5) is 5.69 Å². The summed E-state index contributed by atoms with van der Waals surface area (Å²) >= 11 is 0. The molecule has 0 aliphatic carbocycles. The van der Waals surface area contributed by atoms with Crippen LogP contribution in [0.5, 0.6) is 5.75 Å².